The Morgan fingerprint density at radius 2 is 1.38 bits per heavy atom. The summed E-state index contributed by atoms with van der Waals surface area (Å²) in [5, 5.41) is 15.2. The van der Waals surface area contributed by atoms with Gasteiger partial charge in [0.2, 0.25) is 6.33 Å². The van der Waals surface area contributed by atoms with Crippen molar-refractivity contribution in [2.24, 2.45) is 0 Å². The summed E-state index contributed by atoms with van der Waals surface area (Å²) in [6.45, 7) is 10.3. The van der Waals surface area contributed by atoms with Crippen molar-refractivity contribution in [3.8, 4) is 28.3 Å². The van der Waals surface area contributed by atoms with Gasteiger partial charge >= 0.3 is 0 Å². The van der Waals surface area contributed by atoms with Crippen LogP contribution in [0.4, 0.5) is 0 Å². The fourth-order valence-electron chi connectivity index (χ4n) is 6.32. The quantitative estimate of drug-likeness (QED) is 0.216. The molecule has 9 heteroatoms. The molecule has 1 fully saturated rings. The number of fused-ring (bicyclic) bond motifs is 2. The van der Waals surface area contributed by atoms with Gasteiger partial charge in [0, 0.05) is 70.0 Å². The molecular weight excluding hydrogens is 628 g/mol. The fourth-order valence-corrected chi connectivity index (χ4v) is 6.32. The topological polar surface area (TPSA) is 66.6 Å². The lowest BCUT2D eigenvalue weighted by Crippen LogP contribution is -3.00. The minimum Gasteiger partial charge on any atom is -1.00 e. The van der Waals surface area contributed by atoms with Crippen LogP contribution in [0, 0.1) is 0 Å². The van der Waals surface area contributed by atoms with Gasteiger partial charge in [0.1, 0.15) is 18.1 Å². The normalized spacial score (nSPS) is 15.2. The Kier molecular flexibility index (Phi) is 11.8. The molecule has 0 saturated carbocycles. The van der Waals surface area contributed by atoms with Gasteiger partial charge in [0.05, 0.1) is 20.8 Å². The molecule has 0 unspecified atom stereocenters. The fraction of sp³-hybridized carbons (Fsp3) is 0.361. The zero-order valence-electron chi connectivity index (χ0n) is 26.4. The smallest absolute Gasteiger partial charge is 0.249 e. The maximum absolute atomic E-state index is 6.26. The molecule has 0 aliphatic carbocycles. The average Bonchev–Trinajstić information content (AvgIpc) is 3.53. The Balaban J connectivity index is 0.00000400. The molecule has 2 heterocycles. The van der Waals surface area contributed by atoms with E-state index < -0.39 is 0 Å². The number of halogens is 1. The highest BCUT2D eigenvalue weighted by Crippen LogP contribution is 2.47. The number of ether oxygens (including phenoxy) is 2. The van der Waals surface area contributed by atoms with Gasteiger partial charge in [-0.25, -0.2) is 4.57 Å². The van der Waals surface area contributed by atoms with Crippen molar-refractivity contribution in [3.05, 3.63) is 85.5 Å². The second-order valence-electron chi connectivity index (χ2n) is 11.4. The predicted molar refractivity (Wildman–Crippen MR) is 179 cm³/mol. The summed E-state index contributed by atoms with van der Waals surface area (Å²) in [5.74, 6) is 1.66. The van der Waals surface area contributed by atoms with Crippen LogP contribution in [0.1, 0.15) is 6.42 Å². The number of hydrogen-bond donors (Lipinski definition) is 3. The molecule has 0 spiro atoms. The monoisotopic (exact) mass is 672 g/mol. The first-order valence-electron chi connectivity index (χ1n) is 15.8. The van der Waals surface area contributed by atoms with E-state index in [0.29, 0.717) is 0 Å². The first-order valence-corrected chi connectivity index (χ1v) is 15.8. The lowest BCUT2D eigenvalue weighted by molar-refractivity contribution is -0.696. The lowest BCUT2D eigenvalue weighted by Gasteiger charge is -2.23. The number of methoxy groups -OCH3 is 2. The molecular formula is C36H45BrN6O2. The van der Waals surface area contributed by atoms with Crippen LogP contribution in [0.5, 0.6) is 11.5 Å². The summed E-state index contributed by atoms with van der Waals surface area (Å²) >= 11 is 0. The molecule has 0 atom stereocenters. The molecule has 6 rings (SSSR count). The molecule has 238 valence electrons. The molecule has 0 radical (unpaired) electrons. The van der Waals surface area contributed by atoms with Crippen molar-refractivity contribution in [2.45, 2.75) is 13.0 Å². The van der Waals surface area contributed by atoms with E-state index in [1.165, 1.54) is 5.39 Å². The van der Waals surface area contributed by atoms with Crippen LogP contribution in [0.2, 0.25) is 0 Å². The summed E-state index contributed by atoms with van der Waals surface area (Å²) in [7, 11) is 3.51. The number of aryl methyl sites for hydroxylation is 1. The zero-order valence-corrected chi connectivity index (χ0v) is 28.0. The van der Waals surface area contributed by atoms with E-state index in [4.69, 9.17) is 9.47 Å². The summed E-state index contributed by atoms with van der Waals surface area (Å²) < 4.78 is 16.7. The third kappa shape index (κ3) is 7.68. The number of aromatic nitrogens is 2. The molecule has 1 aliphatic heterocycles. The minimum absolute atomic E-state index is 0. The molecule has 1 aromatic heterocycles. The van der Waals surface area contributed by atoms with E-state index in [0.717, 1.165) is 116 Å². The number of nitrogens with zero attached hydrogens (tertiary/aromatic N) is 3. The molecule has 4 aromatic carbocycles. The van der Waals surface area contributed by atoms with Gasteiger partial charge in [-0.3, -0.25) is 0 Å². The van der Waals surface area contributed by atoms with Gasteiger partial charge in [0.25, 0.3) is 0 Å². The predicted octanol–water partition coefficient (Wildman–Crippen LogP) is 1.23. The van der Waals surface area contributed by atoms with Crippen LogP contribution in [0.15, 0.2) is 85.5 Å². The molecule has 1 aliphatic rings. The highest BCUT2D eigenvalue weighted by atomic mass is 79.9. The van der Waals surface area contributed by atoms with Gasteiger partial charge < -0.3 is 47.3 Å². The van der Waals surface area contributed by atoms with E-state index in [2.05, 4.69) is 115 Å². The van der Waals surface area contributed by atoms with Crippen LogP contribution < -0.4 is 47.0 Å². The summed E-state index contributed by atoms with van der Waals surface area (Å²) in [6, 6.07) is 23.4. The van der Waals surface area contributed by atoms with Gasteiger partial charge in [-0.2, -0.15) is 4.57 Å². The van der Waals surface area contributed by atoms with E-state index >= 15 is 0 Å². The first-order chi connectivity index (χ1) is 21.8. The third-order valence-corrected chi connectivity index (χ3v) is 8.57. The van der Waals surface area contributed by atoms with Gasteiger partial charge in [-0.1, -0.05) is 54.6 Å². The number of benzene rings is 4. The Hall–Kier alpha value is -3.47. The van der Waals surface area contributed by atoms with E-state index in [-0.39, 0.29) is 17.0 Å². The SMILES string of the molecule is COc1ccc2ccccc2c1-c1c(OC)c(-n2cc[n+](CCCN3CCNCCNCCNCC3)c2)cc2ccccc12.[Br-]. The largest absolute Gasteiger partial charge is 1.00 e. The Bertz CT molecular complexity index is 1680. The molecule has 8 nitrogen and oxygen atoms in total. The van der Waals surface area contributed by atoms with Crippen molar-refractivity contribution in [1.29, 1.82) is 0 Å². The molecule has 45 heavy (non-hydrogen) atoms. The zero-order chi connectivity index (χ0) is 30.1. The van der Waals surface area contributed by atoms with Crippen molar-refractivity contribution in [3.63, 3.8) is 0 Å². The Morgan fingerprint density at radius 3 is 2.07 bits per heavy atom. The number of nitrogens with one attached hydrogen (secondary N) is 3. The first kappa shape index (κ1) is 32.9. The summed E-state index contributed by atoms with van der Waals surface area (Å²) in [6.07, 6.45) is 7.57. The highest BCUT2D eigenvalue weighted by Gasteiger charge is 2.24. The lowest BCUT2D eigenvalue weighted by atomic mass is 9.91. The van der Waals surface area contributed by atoms with Gasteiger partial charge in [-0.15, -0.1) is 0 Å². The van der Waals surface area contributed by atoms with Crippen LogP contribution >= 0.6 is 0 Å². The number of imidazole rings is 1. The maximum atomic E-state index is 6.26. The van der Waals surface area contributed by atoms with Gasteiger partial charge in [0.15, 0.2) is 11.4 Å². The van der Waals surface area contributed by atoms with E-state index in [1.807, 2.05) is 0 Å². The average molecular weight is 674 g/mol. The van der Waals surface area contributed by atoms with Gasteiger partial charge in [-0.05, 0) is 40.1 Å². The minimum atomic E-state index is 0. The number of hydrogen-bond acceptors (Lipinski definition) is 6. The molecule has 0 amide bonds. The van der Waals surface area contributed by atoms with Crippen LogP contribution in [-0.2, 0) is 6.54 Å². The van der Waals surface area contributed by atoms with Crippen molar-refractivity contribution >= 4 is 21.5 Å². The summed E-state index contributed by atoms with van der Waals surface area (Å²) in [5.41, 5.74) is 3.10. The summed E-state index contributed by atoms with van der Waals surface area (Å²) in [4.78, 5) is 2.57. The van der Waals surface area contributed by atoms with Crippen LogP contribution in [0.3, 0.4) is 0 Å². The third-order valence-electron chi connectivity index (χ3n) is 8.57. The molecule has 3 N–H and O–H groups in total. The maximum Gasteiger partial charge on any atom is 0.249 e. The Morgan fingerprint density at radius 1 is 0.733 bits per heavy atom. The van der Waals surface area contributed by atoms with E-state index in [1.54, 1.807) is 14.2 Å². The highest BCUT2D eigenvalue weighted by molar-refractivity contribution is 6.11. The second-order valence-corrected chi connectivity index (χ2v) is 11.4. The molecule has 1 saturated heterocycles. The van der Waals surface area contributed by atoms with Crippen LogP contribution in [-0.4, -0.2) is 82.6 Å². The van der Waals surface area contributed by atoms with E-state index in [9.17, 15) is 0 Å². The van der Waals surface area contributed by atoms with Crippen molar-refractivity contribution in [2.75, 3.05) is 73.1 Å². The standard InChI is InChI=1S/C36H45N6O2.BrH/c1-43-33-13-12-28-8-3-5-10-30(28)34(33)35-31-11-6-4-9-29(31)26-32(36(35)44-2)42-25-24-41(27-42)21-7-20-40-22-18-38-16-14-37-15-17-39-19-23-40;/h3-6,8-13,24-27,37-39H,7,14-23H2,1-2H3;1H/q+1;/p-1. The molecule has 5 aromatic rings. The molecule has 0 bridgehead atoms. The van der Waals surface area contributed by atoms with Crippen molar-refractivity contribution in [1.82, 2.24) is 25.4 Å². The van der Waals surface area contributed by atoms with Crippen molar-refractivity contribution < 1.29 is 31.0 Å². The number of rotatable bonds is 8. The van der Waals surface area contributed by atoms with Crippen LogP contribution in [0.25, 0.3) is 38.4 Å². The second kappa shape index (κ2) is 16.2. The Labute approximate surface area is 277 Å².